The highest BCUT2D eigenvalue weighted by atomic mass is 15.3. The summed E-state index contributed by atoms with van der Waals surface area (Å²) in [6, 6.07) is 0. The third-order valence-corrected chi connectivity index (χ3v) is 11.2. The van der Waals surface area contributed by atoms with Crippen LogP contribution in [0.15, 0.2) is 9.98 Å². The summed E-state index contributed by atoms with van der Waals surface area (Å²) in [6.45, 7) is 13.2. The summed E-state index contributed by atoms with van der Waals surface area (Å²) in [7, 11) is 0. The van der Waals surface area contributed by atoms with Gasteiger partial charge in [0.2, 0.25) is 0 Å². The molecule has 0 radical (unpaired) electrons. The van der Waals surface area contributed by atoms with Crippen LogP contribution in [0.2, 0.25) is 0 Å². The van der Waals surface area contributed by atoms with Crippen molar-refractivity contribution < 1.29 is 0 Å². The lowest BCUT2D eigenvalue weighted by Crippen LogP contribution is -2.39. The van der Waals surface area contributed by atoms with Gasteiger partial charge < -0.3 is 15.1 Å². The zero-order chi connectivity index (χ0) is 34.7. The maximum absolute atomic E-state index is 4.86. The van der Waals surface area contributed by atoms with Crippen molar-refractivity contribution in [3.63, 3.8) is 0 Å². The Morgan fingerprint density at radius 1 is 0.388 bits per heavy atom. The van der Waals surface area contributed by atoms with Crippen LogP contribution in [-0.2, 0) is 0 Å². The third kappa shape index (κ3) is 25.5. The lowest BCUT2D eigenvalue weighted by atomic mass is 10.0. The number of unbranched alkanes of at least 4 members (excludes halogenated alkanes) is 28. The fourth-order valence-electron chi connectivity index (χ4n) is 7.88. The average Bonchev–Trinajstić information content (AvgIpc) is 3.77. The SMILES string of the molecule is CCCCCCCCCCCCCCCCCC1=NCCN1CCNCCN1CCN=C1CCCCCCCCCCCCCCCCC. The van der Waals surface area contributed by atoms with Gasteiger partial charge in [0.05, 0.1) is 24.8 Å². The number of nitrogens with one attached hydrogen (secondary N) is 1. The quantitative estimate of drug-likeness (QED) is 0.0658. The summed E-state index contributed by atoms with van der Waals surface area (Å²) in [4.78, 5) is 14.8. The van der Waals surface area contributed by atoms with Crippen LogP contribution in [0.4, 0.5) is 0 Å². The minimum atomic E-state index is 1.00. The number of hydrogen-bond acceptors (Lipinski definition) is 5. The molecule has 0 saturated carbocycles. The fraction of sp³-hybridized carbons (Fsp3) is 0.955. The van der Waals surface area contributed by atoms with Gasteiger partial charge in [0.15, 0.2) is 0 Å². The largest absolute Gasteiger partial charge is 0.357 e. The summed E-state index contributed by atoms with van der Waals surface area (Å²) in [5.41, 5.74) is 0. The van der Waals surface area contributed by atoms with E-state index in [1.165, 1.54) is 217 Å². The predicted octanol–water partition coefficient (Wildman–Crippen LogP) is 12.5. The second-order valence-corrected chi connectivity index (χ2v) is 15.7. The van der Waals surface area contributed by atoms with E-state index in [9.17, 15) is 0 Å². The van der Waals surface area contributed by atoms with Gasteiger partial charge in [0.25, 0.3) is 0 Å². The van der Waals surface area contributed by atoms with Crippen molar-refractivity contribution >= 4 is 11.7 Å². The molecule has 288 valence electrons. The van der Waals surface area contributed by atoms with Gasteiger partial charge in [-0.15, -0.1) is 0 Å². The molecule has 2 aliphatic heterocycles. The van der Waals surface area contributed by atoms with Crippen molar-refractivity contribution in [1.82, 2.24) is 15.1 Å². The van der Waals surface area contributed by atoms with E-state index in [1.807, 2.05) is 0 Å². The van der Waals surface area contributed by atoms with Crippen LogP contribution >= 0.6 is 0 Å². The Bertz CT molecular complexity index is 702. The molecule has 2 heterocycles. The first-order valence-corrected chi connectivity index (χ1v) is 22.6. The number of hydrogen-bond donors (Lipinski definition) is 1. The van der Waals surface area contributed by atoms with Gasteiger partial charge in [-0.25, -0.2) is 0 Å². The van der Waals surface area contributed by atoms with Crippen molar-refractivity contribution in [2.24, 2.45) is 9.98 Å². The maximum atomic E-state index is 4.86. The van der Waals surface area contributed by atoms with Crippen LogP contribution in [-0.4, -0.2) is 73.8 Å². The van der Waals surface area contributed by atoms with Crippen molar-refractivity contribution in [1.29, 1.82) is 0 Å². The molecule has 0 aliphatic carbocycles. The Morgan fingerprint density at radius 2 is 0.653 bits per heavy atom. The third-order valence-electron chi connectivity index (χ3n) is 11.2. The normalized spacial score (nSPS) is 14.7. The fourth-order valence-corrected chi connectivity index (χ4v) is 7.88. The Balaban J connectivity index is 1.34. The Hall–Kier alpha value is -1.10. The number of rotatable bonds is 38. The molecular formula is C44H87N5. The molecule has 1 N–H and O–H groups in total. The molecule has 0 aromatic heterocycles. The maximum Gasteiger partial charge on any atom is 0.0990 e. The smallest absolute Gasteiger partial charge is 0.0990 e. The standard InChI is InChI=1S/C44H87N5/c1-3-5-7-9-11-13-15-17-19-21-23-25-27-29-31-33-43-46-37-41-48(43)39-35-45-36-40-49-42-38-47-44(49)34-32-30-28-26-24-22-20-18-16-14-12-10-8-6-4-2/h45H,3-42H2,1-2H3. The van der Waals surface area contributed by atoms with E-state index in [2.05, 4.69) is 29.0 Å². The van der Waals surface area contributed by atoms with Gasteiger partial charge in [-0.3, -0.25) is 9.98 Å². The van der Waals surface area contributed by atoms with Crippen molar-refractivity contribution in [3.8, 4) is 0 Å². The molecule has 0 saturated heterocycles. The zero-order valence-corrected chi connectivity index (χ0v) is 33.6. The summed E-state index contributed by atoms with van der Waals surface area (Å²) in [6.07, 6.45) is 45.3. The molecule has 0 spiro atoms. The van der Waals surface area contributed by atoms with Crippen LogP contribution in [0.5, 0.6) is 0 Å². The first-order valence-electron chi connectivity index (χ1n) is 22.6. The molecule has 2 aliphatic rings. The van der Waals surface area contributed by atoms with Crippen LogP contribution < -0.4 is 5.32 Å². The van der Waals surface area contributed by atoms with E-state index in [-0.39, 0.29) is 0 Å². The van der Waals surface area contributed by atoms with Crippen LogP contribution in [0, 0.1) is 0 Å². The van der Waals surface area contributed by atoms with Crippen LogP contribution in [0.25, 0.3) is 0 Å². The molecule has 0 amide bonds. The molecule has 5 nitrogen and oxygen atoms in total. The topological polar surface area (TPSA) is 43.2 Å². The highest BCUT2D eigenvalue weighted by molar-refractivity contribution is 5.84. The Kier molecular flexibility index (Phi) is 30.6. The number of amidine groups is 2. The molecule has 0 atom stereocenters. The van der Waals surface area contributed by atoms with Gasteiger partial charge >= 0.3 is 0 Å². The van der Waals surface area contributed by atoms with Crippen molar-refractivity contribution in [3.05, 3.63) is 0 Å². The van der Waals surface area contributed by atoms with Gasteiger partial charge in [-0.1, -0.05) is 194 Å². The van der Waals surface area contributed by atoms with Gasteiger partial charge in [-0.2, -0.15) is 0 Å². The van der Waals surface area contributed by atoms with E-state index in [1.54, 1.807) is 0 Å². The zero-order valence-electron chi connectivity index (χ0n) is 33.6. The van der Waals surface area contributed by atoms with Gasteiger partial charge in [0, 0.05) is 52.1 Å². The minimum Gasteiger partial charge on any atom is -0.357 e. The summed E-state index contributed by atoms with van der Waals surface area (Å²) < 4.78 is 0. The first kappa shape index (κ1) is 44.1. The average molecular weight is 686 g/mol. The molecule has 49 heavy (non-hydrogen) atoms. The van der Waals surface area contributed by atoms with Crippen LogP contribution in [0.1, 0.15) is 219 Å². The van der Waals surface area contributed by atoms with Crippen molar-refractivity contribution in [2.45, 2.75) is 219 Å². The summed E-state index contributed by atoms with van der Waals surface area (Å²) in [5, 5.41) is 3.73. The van der Waals surface area contributed by atoms with E-state index in [0.29, 0.717) is 0 Å². The second kappa shape index (κ2) is 34.0. The number of nitrogens with zero attached hydrogens (tertiary/aromatic N) is 4. The van der Waals surface area contributed by atoms with Gasteiger partial charge in [-0.05, 0) is 12.8 Å². The van der Waals surface area contributed by atoms with Crippen LogP contribution in [0.3, 0.4) is 0 Å². The second-order valence-electron chi connectivity index (χ2n) is 15.7. The van der Waals surface area contributed by atoms with E-state index in [0.717, 1.165) is 52.4 Å². The Morgan fingerprint density at radius 3 is 0.939 bits per heavy atom. The molecule has 0 fully saturated rings. The lowest BCUT2D eigenvalue weighted by molar-refractivity contribution is 0.406. The van der Waals surface area contributed by atoms with E-state index < -0.39 is 0 Å². The molecule has 0 bridgehead atoms. The molecule has 0 unspecified atom stereocenters. The van der Waals surface area contributed by atoms with Gasteiger partial charge in [0.1, 0.15) is 0 Å². The number of aliphatic imine (C=N–C) groups is 2. The molecule has 2 rings (SSSR count). The lowest BCUT2D eigenvalue weighted by Gasteiger charge is -2.23. The molecule has 5 heteroatoms. The first-order chi connectivity index (χ1) is 24.3. The van der Waals surface area contributed by atoms with E-state index >= 15 is 0 Å². The van der Waals surface area contributed by atoms with Crippen molar-refractivity contribution in [2.75, 3.05) is 52.4 Å². The highest BCUT2D eigenvalue weighted by Gasteiger charge is 2.17. The van der Waals surface area contributed by atoms with E-state index in [4.69, 9.17) is 9.98 Å². The summed E-state index contributed by atoms with van der Waals surface area (Å²) >= 11 is 0. The molecular weight excluding hydrogens is 599 g/mol. The molecule has 0 aromatic carbocycles. The highest BCUT2D eigenvalue weighted by Crippen LogP contribution is 2.17. The molecule has 0 aromatic rings. The predicted molar refractivity (Wildman–Crippen MR) is 220 cm³/mol. The Labute approximate surface area is 307 Å². The summed E-state index contributed by atoms with van der Waals surface area (Å²) in [5.74, 6) is 2.77. The minimum absolute atomic E-state index is 1.00. The monoisotopic (exact) mass is 686 g/mol.